The van der Waals surface area contributed by atoms with Crippen molar-refractivity contribution in [2.75, 3.05) is 7.11 Å². The number of ether oxygens (including phenoxy) is 1. The van der Waals surface area contributed by atoms with Crippen LogP contribution in [-0.4, -0.2) is 21.5 Å². The van der Waals surface area contributed by atoms with E-state index in [1.54, 1.807) is 0 Å². The van der Waals surface area contributed by atoms with Crippen LogP contribution in [0.4, 0.5) is 0 Å². The Balaban J connectivity index is 3.07. The van der Waals surface area contributed by atoms with E-state index in [0.29, 0.717) is 0 Å². The Kier molecular flexibility index (Phi) is 2.69. The maximum absolute atomic E-state index is 10.9. The van der Waals surface area contributed by atoms with Crippen LogP contribution in [0.15, 0.2) is 15.7 Å². The molecular weight excluding hydrogens is 214 g/mol. The van der Waals surface area contributed by atoms with Crippen LogP contribution in [0.5, 0.6) is 0 Å². The zero-order valence-corrected chi connectivity index (χ0v) is 8.31. The Morgan fingerprint density at radius 1 is 1.62 bits per heavy atom. The number of sulfonamides is 1. The molecule has 1 rings (SSSR count). The van der Waals surface area contributed by atoms with Crippen LogP contribution in [0.1, 0.15) is 10.4 Å². The van der Waals surface area contributed by atoms with E-state index in [2.05, 4.69) is 4.74 Å². The molecule has 0 saturated heterocycles. The summed E-state index contributed by atoms with van der Waals surface area (Å²) in [6, 6.07) is 1.19. The Bertz CT molecular complexity index is 420. The molecule has 0 bridgehead atoms. The number of methoxy groups -OCH3 is 1. The molecule has 0 aliphatic carbocycles. The predicted molar refractivity (Wildman–Crippen MR) is 47.0 cm³/mol. The second-order valence-corrected chi connectivity index (χ2v) is 4.89. The van der Waals surface area contributed by atoms with Crippen LogP contribution in [0.25, 0.3) is 0 Å². The lowest BCUT2D eigenvalue weighted by Gasteiger charge is -1.92. The van der Waals surface area contributed by atoms with Crippen LogP contribution in [0.2, 0.25) is 0 Å². The lowest BCUT2D eigenvalue weighted by Crippen LogP contribution is -2.10. The van der Waals surface area contributed by atoms with Gasteiger partial charge in [0.05, 0.1) is 12.7 Å². The average Bonchev–Trinajstić information content (AvgIpc) is 2.50. The lowest BCUT2D eigenvalue weighted by atomic mass is 10.3. The van der Waals surface area contributed by atoms with E-state index < -0.39 is 16.0 Å². The highest BCUT2D eigenvalue weighted by Crippen LogP contribution is 2.18. The van der Waals surface area contributed by atoms with Gasteiger partial charge in [-0.2, -0.15) is 0 Å². The molecule has 2 N–H and O–H groups in total. The summed E-state index contributed by atoms with van der Waals surface area (Å²) in [5.41, 5.74) is 0.191. The summed E-state index contributed by atoms with van der Waals surface area (Å²) in [7, 11) is -2.49. The van der Waals surface area contributed by atoms with Crippen molar-refractivity contribution in [3.8, 4) is 0 Å². The van der Waals surface area contributed by atoms with Gasteiger partial charge in [0.25, 0.3) is 0 Å². The zero-order valence-electron chi connectivity index (χ0n) is 6.68. The fourth-order valence-corrected chi connectivity index (χ4v) is 2.27. The molecule has 13 heavy (non-hydrogen) atoms. The van der Waals surface area contributed by atoms with Gasteiger partial charge in [-0.05, 0) is 6.07 Å². The van der Waals surface area contributed by atoms with E-state index in [0.717, 1.165) is 11.3 Å². The minimum absolute atomic E-state index is 0.0482. The number of esters is 1. The number of hydrogen-bond acceptors (Lipinski definition) is 5. The van der Waals surface area contributed by atoms with Gasteiger partial charge in [0.1, 0.15) is 4.21 Å². The van der Waals surface area contributed by atoms with Gasteiger partial charge in [-0.3, -0.25) is 0 Å². The van der Waals surface area contributed by atoms with Crippen molar-refractivity contribution in [2.24, 2.45) is 5.14 Å². The van der Waals surface area contributed by atoms with Gasteiger partial charge in [0.2, 0.25) is 10.0 Å². The summed E-state index contributed by atoms with van der Waals surface area (Å²) in [6.45, 7) is 0. The van der Waals surface area contributed by atoms with Crippen LogP contribution < -0.4 is 5.14 Å². The smallest absolute Gasteiger partial charge is 0.338 e. The molecule has 5 nitrogen and oxygen atoms in total. The number of carbonyl (C=O) groups excluding carboxylic acids is 1. The minimum atomic E-state index is -3.71. The largest absolute Gasteiger partial charge is 0.465 e. The van der Waals surface area contributed by atoms with Gasteiger partial charge in [-0.1, -0.05) is 0 Å². The van der Waals surface area contributed by atoms with Crippen molar-refractivity contribution in [3.63, 3.8) is 0 Å². The summed E-state index contributed by atoms with van der Waals surface area (Å²) in [4.78, 5) is 10.9. The molecular formula is C6H7NO4S2. The highest BCUT2D eigenvalue weighted by Gasteiger charge is 2.14. The predicted octanol–water partition coefficient (Wildman–Crippen LogP) is 0.182. The molecule has 1 aromatic heterocycles. The molecule has 0 unspecified atom stereocenters. The first-order chi connectivity index (χ1) is 5.95. The van der Waals surface area contributed by atoms with Gasteiger partial charge in [-0.25, -0.2) is 18.4 Å². The molecule has 1 aromatic rings. The minimum Gasteiger partial charge on any atom is -0.465 e. The van der Waals surface area contributed by atoms with E-state index in [1.807, 2.05) is 0 Å². The highest BCUT2D eigenvalue weighted by atomic mass is 32.2. The van der Waals surface area contributed by atoms with E-state index in [4.69, 9.17) is 5.14 Å². The Morgan fingerprint density at radius 3 is 2.62 bits per heavy atom. The van der Waals surface area contributed by atoms with Gasteiger partial charge >= 0.3 is 5.97 Å². The highest BCUT2D eigenvalue weighted by molar-refractivity contribution is 7.91. The molecule has 0 spiro atoms. The molecule has 7 heteroatoms. The summed E-state index contributed by atoms with van der Waals surface area (Å²) in [5, 5.41) is 6.22. The van der Waals surface area contributed by atoms with Gasteiger partial charge < -0.3 is 4.74 Å². The summed E-state index contributed by atoms with van der Waals surface area (Å²) < 4.78 is 25.9. The third-order valence-corrected chi connectivity index (χ3v) is 3.66. The quantitative estimate of drug-likeness (QED) is 0.722. The topological polar surface area (TPSA) is 86.5 Å². The van der Waals surface area contributed by atoms with E-state index in [9.17, 15) is 13.2 Å². The zero-order chi connectivity index (χ0) is 10.1. The SMILES string of the molecule is COC(=O)c1csc(S(N)(=O)=O)c1. The van der Waals surface area contributed by atoms with E-state index in [1.165, 1.54) is 18.6 Å². The third kappa shape index (κ3) is 2.27. The first-order valence-corrected chi connectivity index (χ1v) is 5.57. The van der Waals surface area contributed by atoms with Crippen LogP contribution >= 0.6 is 11.3 Å². The summed E-state index contributed by atoms with van der Waals surface area (Å²) >= 11 is 0.886. The second kappa shape index (κ2) is 3.44. The van der Waals surface area contributed by atoms with Gasteiger partial charge in [-0.15, -0.1) is 11.3 Å². The van der Waals surface area contributed by atoms with Crippen molar-refractivity contribution >= 4 is 27.3 Å². The van der Waals surface area contributed by atoms with Gasteiger partial charge in [0, 0.05) is 5.38 Å². The van der Waals surface area contributed by atoms with Crippen LogP contribution in [0, 0.1) is 0 Å². The Labute approximate surface area is 79.2 Å². The van der Waals surface area contributed by atoms with Crippen LogP contribution in [-0.2, 0) is 14.8 Å². The monoisotopic (exact) mass is 221 g/mol. The first-order valence-electron chi connectivity index (χ1n) is 3.15. The molecule has 0 aliphatic heterocycles. The molecule has 0 atom stereocenters. The molecule has 0 amide bonds. The third-order valence-electron chi connectivity index (χ3n) is 1.28. The van der Waals surface area contributed by atoms with Crippen molar-refractivity contribution < 1.29 is 17.9 Å². The number of hydrogen-bond donors (Lipinski definition) is 1. The second-order valence-electron chi connectivity index (χ2n) is 2.19. The van der Waals surface area contributed by atoms with Crippen molar-refractivity contribution in [2.45, 2.75) is 4.21 Å². The van der Waals surface area contributed by atoms with Crippen LogP contribution in [0.3, 0.4) is 0 Å². The van der Waals surface area contributed by atoms with Crippen molar-refractivity contribution in [1.82, 2.24) is 0 Å². The fraction of sp³-hybridized carbons (Fsp3) is 0.167. The Morgan fingerprint density at radius 2 is 2.23 bits per heavy atom. The fourth-order valence-electron chi connectivity index (χ4n) is 0.691. The Hall–Kier alpha value is -0.920. The number of primary sulfonamides is 1. The number of rotatable bonds is 2. The van der Waals surface area contributed by atoms with E-state index in [-0.39, 0.29) is 9.77 Å². The average molecular weight is 221 g/mol. The summed E-state index contributed by atoms with van der Waals surface area (Å²) in [5.74, 6) is -0.578. The van der Waals surface area contributed by atoms with Crippen molar-refractivity contribution in [3.05, 3.63) is 17.0 Å². The number of thiophene rings is 1. The molecule has 0 radical (unpaired) electrons. The maximum atomic E-state index is 10.9. The maximum Gasteiger partial charge on any atom is 0.338 e. The lowest BCUT2D eigenvalue weighted by molar-refractivity contribution is 0.0601. The first kappa shape index (κ1) is 10.2. The van der Waals surface area contributed by atoms with E-state index >= 15 is 0 Å². The number of carbonyl (C=O) groups is 1. The summed E-state index contributed by atoms with van der Waals surface area (Å²) in [6.07, 6.45) is 0. The van der Waals surface area contributed by atoms with Gasteiger partial charge in [0.15, 0.2) is 0 Å². The standard InChI is InChI=1S/C6H7NO4S2/c1-11-6(8)4-2-5(12-3-4)13(7,9)10/h2-3H,1H3,(H2,7,9,10). The molecule has 1 heterocycles. The molecule has 0 aromatic carbocycles. The molecule has 0 aliphatic rings. The molecule has 72 valence electrons. The van der Waals surface area contributed by atoms with Crippen molar-refractivity contribution in [1.29, 1.82) is 0 Å². The molecule has 0 saturated carbocycles. The molecule has 0 fully saturated rings. The number of nitrogens with two attached hydrogens (primary N) is 1. The normalized spacial score (nSPS) is 11.2.